The van der Waals surface area contributed by atoms with Crippen LogP contribution in [-0.2, 0) is 15.0 Å². The van der Waals surface area contributed by atoms with Gasteiger partial charge in [-0.1, -0.05) is 28.1 Å². The predicted octanol–water partition coefficient (Wildman–Crippen LogP) is 2.00. The molecule has 1 unspecified atom stereocenters. The first-order valence-electron chi connectivity index (χ1n) is 6.55. The molecular formula is C14H14BrNO3S. The van der Waals surface area contributed by atoms with Crippen molar-refractivity contribution in [2.45, 2.75) is 5.54 Å². The van der Waals surface area contributed by atoms with E-state index in [0.717, 1.165) is 20.8 Å². The topological polar surface area (TPSA) is 39.7 Å². The van der Waals surface area contributed by atoms with Crippen molar-refractivity contribution in [3.05, 3.63) is 28.2 Å². The van der Waals surface area contributed by atoms with Crippen LogP contribution in [0.5, 0.6) is 5.75 Å². The molecule has 20 heavy (non-hydrogen) atoms. The summed E-state index contributed by atoms with van der Waals surface area (Å²) in [5.41, 5.74) is 0.645. The maximum atomic E-state index is 5.96. The fourth-order valence-electron chi connectivity index (χ4n) is 3.30. The van der Waals surface area contributed by atoms with E-state index in [-0.39, 0.29) is 11.0 Å². The first-order valence-corrected chi connectivity index (χ1v) is 7.75. The summed E-state index contributed by atoms with van der Waals surface area (Å²) in [7, 11) is 0. The van der Waals surface area contributed by atoms with Gasteiger partial charge in [-0.3, -0.25) is 0 Å². The van der Waals surface area contributed by atoms with E-state index < -0.39 is 0 Å². The zero-order chi connectivity index (χ0) is 13.8. The molecule has 0 amide bonds. The zero-order valence-electron chi connectivity index (χ0n) is 10.8. The molecule has 4 rings (SSSR count). The van der Waals surface area contributed by atoms with E-state index in [9.17, 15) is 0 Å². The first kappa shape index (κ1) is 13.0. The number of benzene rings is 1. The number of halogens is 1. The molecular weight excluding hydrogens is 342 g/mol. The van der Waals surface area contributed by atoms with Crippen LogP contribution in [0.3, 0.4) is 0 Å². The van der Waals surface area contributed by atoms with Gasteiger partial charge in [0.25, 0.3) is 0 Å². The molecule has 0 bridgehead atoms. The number of morpholine rings is 1. The van der Waals surface area contributed by atoms with Crippen LogP contribution < -0.4 is 10.1 Å². The minimum atomic E-state index is -0.349. The van der Waals surface area contributed by atoms with Gasteiger partial charge in [0.05, 0.1) is 31.8 Å². The highest BCUT2D eigenvalue weighted by atomic mass is 79.9. The van der Waals surface area contributed by atoms with Gasteiger partial charge in [-0.25, -0.2) is 0 Å². The van der Waals surface area contributed by atoms with Gasteiger partial charge >= 0.3 is 0 Å². The van der Waals surface area contributed by atoms with E-state index in [1.165, 1.54) is 0 Å². The van der Waals surface area contributed by atoms with Crippen molar-refractivity contribution in [2.24, 2.45) is 5.41 Å². The van der Waals surface area contributed by atoms with Gasteiger partial charge in [0, 0.05) is 10.0 Å². The number of hydrogen-bond acceptors (Lipinski definition) is 4. The lowest BCUT2D eigenvalue weighted by molar-refractivity contribution is -0.204. The summed E-state index contributed by atoms with van der Waals surface area (Å²) in [5.74, 6) is 0.895. The quantitative estimate of drug-likeness (QED) is 0.720. The van der Waals surface area contributed by atoms with Crippen LogP contribution in [0.1, 0.15) is 5.56 Å². The molecule has 1 aromatic rings. The van der Waals surface area contributed by atoms with E-state index in [1.54, 1.807) is 0 Å². The molecule has 1 N–H and O–H groups in total. The molecule has 0 aliphatic carbocycles. The van der Waals surface area contributed by atoms with Crippen LogP contribution in [-0.4, -0.2) is 38.0 Å². The minimum absolute atomic E-state index is 0.106. The maximum absolute atomic E-state index is 5.96. The Morgan fingerprint density at radius 2 is 2.00 bits per heavy atom. The molecule has 0 saturated carbocycles. The number of nitrogens with one attached hydrogen (secondary N) is 1. The summed E-state index contributed by atoms with van der Waals surface area (Å²) in [6, 6.07) is 6.08. The van der Waals surface area contributed by atoms with E-state index in [0.29, 0.717) is 33.0 Å². The second-order valence-electron chi connectivity index (χ2n) is 5.65. The highest BCUT2D eigenvalue weighted by Crippen LogP contribution is 2.53. The minimum Gasteiger partial charge on any atom is -0.492 e. The molecule has 6 heteroatoms. The Balaban J connectivity index is 1.90. The Kier molecular flexibility index (Phi) is 2.86. The molecule has 2 saturated heterocycles. The summed E-state index contributed by atoms with van der Waals surface area (Å²) < 4.78 is 18.2. The second kappa shape index (κ2) is 4.40. The van der Waals surface area contributed by atoms with Crippen LogP contribution in [0.4, 0.5) is 0 Å². The molecule has 3 aliphatic heterocycles. The van der Waals surface area contributed by atoms with Crippen molar-refractivity contribution in [2.75, 3.05) is 33.0 Å². The lowest BCUT2D eigenvalue weighted by Crippen LogP contribution is -2.72. The van der Waals surface area contributed by atoms with Crippen molar-refractivity contribution < 1.29 is 14.2 Å². The van der Waals surface area contributed by atoms with Crippen LogP contribution >= 0.6 is 28.1 Å². The molecule has 1 atom stereocenters. The highest BCUT2D eigenvalue weighted by molar-refractivity contribution is 9.10. The van der Waals surface area contributed by atoms with E-state index in [4.69, 9.17) is 26.4 Å². The molecule has 0 aromatic heterocycles. The van der Waals surface area contributed by atoms with Crippen molar-refractivity contribution in [1.82, 2.24) is 5.32 Å². The van der Waals surface area contributed by atoms with E-state index >= 15 is 0 Å². The number of ether oxygens (including phenoxy) is 3. The normalized spacial score (nSPS) is 30.4. The molecule has 1 aromatic carbocycles. The molecule has 2 spiro atoms. The monoisotopic (exact) mass is 355 g/mol. The van der Waals surface area contributed by atoms with Gasteiger partial charge in [-0.15, -0.1) is 0 Å². The largest absolute Gasteiger partial charge is 0.492 e. The van der Waals surface area contributed by atoms with Crippen molar-refractivity contribution in [1.29, 1.82) is 0 Å². The number of rotatable bonds is 0. The Labute approximate surface area is 130 Å². The van der Waals surface area contributed by atoms with Crippen LogP contribution in [0.15, 0.2) is 22.7 Å². The fourth-order valence-corrected chi connectivity index (χ4v) is 3.92. The van der Waals surface area contributed by atoms with Gasteiger partial charge in [0.1, 0.15) is 22.9 Å². The molecule has 3 aliphatic rings. The van der Waals surface area contributed by atoms with Crippen LogP contribution in [0.2, 0.25) is 0 Å². The Morgan fingerprint density at radius 1 is 1.15 bits per heavy atom. The summed E-state index contributed by atoms with van der Waals surface area (Å²) >= 11 is 8.91. The average molecular weight is 356 g/mol. The molecule has 3 heterocycles. The van der Waals surface area contributed by atoms with Gasteiger partial charge in [0.2, 0.25) is 0 Å². The maximum Gasteiger partial charge on any atom is 0.125 e. The highest BCUT2D eigenvalue weighted by Gasteiger charge is 2.62. The van der Waals surface area contributed by atoms with E-state index in [1.807, 2.05) is 12.1 Å². The number of fused-ring (bicyclic) bond motifs is 3. The van der Waals surface area contributed by atoms with Crippen LogP contribution in [0.25, 0.3) is 0 Å². The summed E-state index contributed by atoms with van der Waals surface area (Å²) in [6.45, 7) is 3.03. The first-order chi connectivity index (χ1) is 9.65. The summed E-state index contributed by atoms with van der Waals surface area (Å²) in [6.07, 6.45) is 0. The Hall–Kier alpha value is -0.690. The molecule has 0 radical (unpaired) electrons. The SMILES string of the molecule is S=C1COCC2(N1)c1cc(Br)ccc1OCC21COC1. The third kappa shape index (κ3) is 1.62. The van der Waals surface area contributed by atoms with E-state index in [2.05, 4.69) is 27.3 Å². The molecule has 2 fully saturated rings. The van der Waals surface area contributed by atoms with Gasteiger partial charge in [-0.05, 0) is 18.2 Å². The molecule has 106 valence electrons. The van der Waals surface area contributed by atoms with Crippen LogP contribution in [0, 0.1) is 5.41 Å². The summed E-state index contributed by atoms with van der Waals surface area (Å²) in [4.78, 5) is 0.746. The Bertz CT molecular complexity index is 590. The van der Waals surface area contributed by atoms with Gasteiger partial charge in [0.15, 0.2) is 0 Å². The smallest absolute Gasteiger partial charge is 0.125 e. The van der Waals surface area contributed by atoms with Crippen molar-refractivity contribution in [3.8, 4) is 5.75 Å². The zero-order valence-corrected chi connectivity index (χ0v) is 13.2. The van der Waals surface area contributed by atoms with Gasteiger partial charge < -0.3 is 19.5 Å². The van der Waals surface area contributed by atoms with Crippen molar-refractivity contribution in [3.63, 3.8) is 0 Å². The lowest BCUT2D eigenvalue weighted by Gasteiger charge is -2.59. The average Bonchev–Trinajstić information content (AvgIpc) is 2.38. The second-order valence-corrected chi connectivity index (χ2v) is 7.06. The number of hydrogen-bond donors (Lipinski definition) is 1. The molecule has 4 nitrogen and oxygen atoms in total. The third-order valence-electron chi connectivity index (χ3n) is 4.47. The number of thiocarbonyl (C=S) groups is 1. The van der Waals surface area contributed by atoms with Crippen molar-refractivity contribution >= 4 is 33.1 Å². The van der Waals surface area contributed by atoms with Gasteiger partial charge in [-0.2, -0.15) is 0 Å². The fraction of sp³-hybridized carbons (Fsp3) is 0.500. The summed E-state index contributed by atoms with van der Waals surface area (Å²) in [5, 5.41) is 3.53. The Morgan fingerprint density at radius 3 is 2.70 bits per heavy atom. The predicted molar refractivity (Wildman–Crippen MR) is 81.1 cm³/mol. The lowest BCUT2D eigenvalue weighted by atomic mass is 9.63. The third-order valence-corrected chi connectivity index (χ3v) is 5.19. The standard InChI is InChI=1S/C14H14BrNO3S/c15-9-1-2-11-10(3-9)14(8-17-4-12(20)16-14)13(7-19-11)5-18-6-13/h1-3H,4-8H2,(H,16,20).